The van der Waals surface area contributed by atoms with Crippen LogP contribution < -0.4 is 0 Å². The highest BCUT2D eigenvalue weighted by Crippen LogP contribution is 2.41. The van der Waals surface area contributed by atoms with E-state index in [2.05, 4.69) is 26.3 Å². The maximum Gasteiger partial charge on any atom is 0.145 e. The minimum absolute atomic E-state index is 0.0699. The largest absolute Gasteiger partial charge is 0.353 e. The summed E-state index contributed by atoms with van der Waals surface area (Å²) in [6.07, 6.45) is 11.1. The summed E-state index contributed by atoms with van der Waals surface area (Å²) >= 11 is 0. The number of hydrogen-bond donors (Lipinski definition) is 0. The highest BCUT2D eigenvalue weighted by Gasteiger charge is 2.38. The summed E-state index contributed by atoms with van der Waals surface area (Å²) in [5.41, 5.74) is 1.37. The van der Waals surface area contributed by atoms with Crippen LogP contribution in [-0.4, -0.2) is 12.9 Å². The van der Waals surface area contributed by atoms with Crippen LogP contribution in [0.25, 0.3) is 0 Å². The summed E-state index contributed by atoms with van der Waals surface area (Å²) < 4.78 is 6.03. The lowest BCUT2D eigenvalue weighted by atomic mass is 9.78. The Kier molecular flexibility index (Phi) is 7.44. The predicted octanol–water partition coefficient (Wildman–Crippen LogP) is 4.69. The predicted molar refractivity (Wildman–Crippen MR) is 97.1 cm³/mol. The zero-order chi connectivity index (χ0) is 17.1. The standard InChI is InChI=1S/C21H22O2/c1-5-12-18(7-3)21(23-17-16-22,19(8-4)13-6-2)20-14-10-9-11-15-20/h5-16H,1-4,17H2/b18-12+,19-13+. The van der Waals surface area contributed by atoms with Gasteiger partial charge < -0.3 is 9.53 Å². The number of allylic oxidation sites excluding steroid dienone is 4. The molecule has 0 saturated heterocycles. The van der Waals surface area contributed by atoms with Gasteiger partial charge >= 0.3 is 0 Å². The highest BCUT2D eigenvalue weighted by molar-refractivity contribution is 5.55. The molecule has 0 bridgehead atoms. The molecule has 0 aliphatic carbocycles. The first-order chi connectivity index (χ1) is 11.2. The Bertz CT molecular complexity index is 603. The number of rotatable bonds is 10. The van der Waals surface area contributed by atoms with Crippen molar-refractivity contribution in [2.75, 3.05) is 6.61 Å². The SMILES string of the molecule is C=C/C=C(\C=C)C(OCC=O)(/C(C=C)=C/C=C)c1ccccc1. The third-order valence-electron chi connectivity index (χ3n) is 3.40. The minimum Gasteiger partial charge on any atom is -0.353 e. The first-order valence-electron chi connectivity index (χ1n) is 7.25. The quantitative estimate of drug-likeness (QED) is 0.463. The van der Waals surface area contributed by atoms with Gasteiger partial charge in [0.25, 0.3) is 0 Å². The molecule has 0 aromatic heterocycles. The second kappa shape index (κ2) is 9.34. The summed E-state index contributed by atoms with van der Waals surface area (Å²) in [6.45, 7) is 15.2. The van der Waals surface area contributed by atoms with Gasteiger partial charge in [-0.15, -0.1) is 0 Å². The Balaban J connectivity index is 3.80. The summed E-state index contributed by atoms with van der Waals surface area (Å²) in [7, 11) is 0. The maximum absolute atomic E-state index is 11.0. The maximum atomic E-state index is 11.0. The number of ether oxygens (including phenoxy) is 1. The smallest absolute Gasteiger partial charge is 0.145 e. The molecule has 0 saturated carbocycles. The molecule has 118 valence electrons. The van der Waals surface area contributed by atoms with Crippen LogP contribution in [-0.2, 0) is 15.1 Å². The van der Waals surface area contributed by atoms with Crippen molar-refractivity contribution in [3.8, 4) is 0 Å². The van der Waals surface area contributed by atoms with Gasteiger partial charge in [-0.1, -0.05) is 93.1 Å². The molecule has 0 atom stereocenters. The molecule has 0 spiro atoms. The van der Waals surface area contributed by atoms with Gasteiger partial charge in [0.15, 0.2) is 0 Å². The van der Waals surface area contributed by atoms with Crippen LogP contribution in [0.1, 0.15) is 5.56 Å². The normalized spacial score (nSPS) is 14.4. The Morgan fingerprint density at radius 3 is 1.87 bits per heavy atom. The van der Waals surface area contributed by atoms with E-state index in [4.69, 9.17) is 4.74 Å². The molecule has 0 radical (unpaired) electrons. The monoisotopic (exact) mass is 306 g/mol. The molecular formula is C21H22O2. The first kappa shape index (κ1) is 18.3. The van der Waals surface area contributed by atoms with Crippen LogP contribution in [0, 0.1) is 0 Å². The molecule has 0 aliphatic rings. The van der Waals surface area contributed by atoms with Crippen molar-refractivity contribution in [2.45, 2.75) is 5.60 Å². The highest BCUT2D eigenvalue weighted by atomic mass is 16.5. The molecule has 1 aromatic carbocycles. The third-order valence-corrected chi connectivity index (χ3v) is 3.40. The molecular weight excluding hydrogens is 284 g/mol. The van der Waals surface area contributed by atoms with Crippen molar-refractivity contribution >= 4 is 6.29 Å². The Morgan fingerprint density at radius 1 is 0.957 bits per heavy atom. The molecule has 0 aliphatic heterocycles. The van der Waals surface area contributed by atoms with E-state index in [1.807, 2.05) is 42.5 Å². The van der Waals surface area contributed by atoms with Gasteiger partial charge in [0, 0.05) is 0 Å². The van der Waals surface area contributed by atoms with Gasteiger partial charge in [0.1, 0.15) is 18.5 Å². The van der Waals surface area contributed by atoms with Crippen molar-refractivity contribution in [3.05, 3.63) is 110 Å². The van der Waals surface area contributed by atoms with E-state index in [-0.39, 0.29) is 6.61 Å². The Hall–Kier alpha value is -2.71. The molecule has 23 heavy (non-hydrogen) atoms. The van der Waals surface area contributed by atoms with Crippen LogP contribution >= 0.6 is 0 Å². The zero-order valence-electron chi connectivity index (χ0n) is 13.3. The molecule has 2 nitrogen and oxygen atoms in total. The van der Waals surface area contributed by atoms with E-state index >= 15 is 0 Å². The fourth-order valence-corrected chi connectivity index (χ4v) is 2.49. The third kappa shape index (κ3) is 3.93. The average Bonchev–Trinajstić information content (AvgIpc) is 2.60. The fraction of sp³-hybridized carbons (Fsp3) is 0.0952. The van der Waals surface area contributed by atoms with Gasteiger partial charge in [-0.2, -0.15) is 0 Å². The molecule has 0 amide bonds. The number of carbonyl (C=O) groups is 1. The van der Waals surface area contributed by atoms with E-state index in [0.717, 1.165) is 23.0 Å². The second-order valence-electron chi connectivity index (χ2n) is 4.65. The number of hydrogen-bond acceptors (Lipinski definition) is 2. The Labute approximate surface area is 138 Å². The van der Waals surface area contributed by atoms with E-state index < -0.39 is 5.60 Å². The van der Waals surface area contributed by atoms with Gasteiger partial charge in [0.05, 0.1) is 0 Å². The number of aldehydes is 1. The van der Waals surface area contributed by atoms with Crippen molar-refractivity contribution in [3.63, 3.8) is 0 Å². The minimum atomic E-state index is -1.01. The van der Waals surface area contributed by atoms with Crippen LogP contribution in [0.4, 0.5) is 0 Å². The summed E-state index contributed by atoms with van der Waals surface area (Å²) in [5.74, 6) is 0. The molecule has 0 heterocycles. The van der Waals surface area contributed by atoms with E-state index in [1.54, 1.807) is 24.3 Å². The molecule has 0 fully saturated rings. The van der Waals surface area contributed by atoms with Crippen molar-refractivity contribution < 1.29 is 9.53 Å². The van der Waals surface area contributed by atoms with Crippen LogP contribution in [0.3, 0.4) is 0 Å². The number of benzene rings is 1. The molecule has 2 heteroatoms. The van der Waals surface area contributed by atoms with Crippen molar-refractivity contribution in [2.24, 2.45) is 0 Å². The molecule has 0 N–H and O–H groups in total. The van der Waals surface area contributed by atoms with Crippen LogP contribution in [0.5, 0.6) is 0 Å². The first-order valence-corrected chi connectivity index (χ1v) is 7.25. The lowest BCUT2D eigenvalue weighted by Crippen LogP contribution is -2.34. The summed E-state index contributed by atoms with van der Waals surface area (Å²) in [4.78, 5) is 11.0. The Morgan fingerprint density at radius 2 is 1.48 bits per heavy atom. The molecule has 1 aromatic rings. The second-order valence-corrected chi connectivity index (χ2v) is 4.65. The van der Waals surface area contributed by atoms with Crippen LogP contribution in [0.15, 0.2) is 104 Å². The topological polar surface area (TPSA) is 26.3 Å². The van der Waals surface area contributed by atoms with E-state index in [0.29, 0.717) is 0 Å². The lowest BCUT2D eigenvalue weighted by molar-refractivity contribution is -0.115. The van der Waals surface area contributed by atoms with E-state index in [1.165, 1.54) is 0 Å². The van der Waals surface area contributed by atoms with Crippen LogP contribution in [0.2, 0.25) is 0 Å². The van der Waals surface area contributed by atoms with Crippen molar-refractivity contribution in [1.29, 1.82) is 0 Å². The molecule has 1 rings (SSSR count). The van der Waals surface area contributed by atoms with Gasteiger partial charge in [-0.3, -0.25) is 0 Å². The summed E-state index contributed by atoms with van der Waals surface area (Å²) in [5, 5.41) is 0. The lowest BCUT2D eigenvalue weighted by Gasteiger charge is -2.36. The average molecular weight is 306 g/mol. The van der Waals surface area contributed by atoms with Gasteiger partial charge in [0.2, 0.25) is 0 Å². The summed E-state index contributed by atoms with van der Waals surface area (Å²) in [6, 6.07) is 9.62. The number of carbonyl (C=O) groups excluding carboxylic acids is 1. The van der Waals surface area contributed by atoms with E-state index in [9.17, 15) is 4.79 Å². The molecule has 0 unspecified atom stereocenters. The van der Waals surface area contributed by atoms with Gasteiger partial charge in [-0.05, 0) is 16.7 Å². The fourth-order valence-electron chi connectivity index (χ4n) is 2.49. The zero-order valence-corrected chi connectivity index (χ0v) is 13.3. The van der Waals surface area contributed by atoms with Gasteiger partial charge in [-0.25, -0.2) is 0 Å². The van der Waals surface area contributed by atoms with Crippen molar-refractivity contribution in [1.82, 2.24) is 0 Å².